The van der Waals surface area contributed by atoms with E-state index in [1.807, 2.05) is 6.07 Å². The van der Waals surface area contributed by atoms with Gasteiger partial charge in [-0.2, -0.15) is 0 Å². The molecule has 2 rings (SSSR count). The summed E-state index contributed by atoms with van der Waals surface area (Å²) in [6.45, 7) is 3.30. The van der Waals surface area contributed by atoms with E-state index in [1.165, 1.54) is 30.6 Å². The number of thiophene rings is 1. The van der Waals surface area contributed by atoms with Crippen LogP contribution in [-0.4, -0.2) is 6.54 Å². The van der Waals surface area contributed by atoms with E-state index in [1.54, 1.807) is 11.3 Å². The standard InChI is InChI=1S/C12H18ClNS/c1-2-7-14-11(9-4-3-5-9)12-10(13)6-8-15-12/h6,8-9,11,14H,2-5,7H2,1H3. The molecule has 84 valence electrons. The molecule has 1 unspecified atom stereocenters. The molecule has 1 aliphatic carbocycles. The van der Waals surface area contributed by atoms with Crippen molar-refractivity contribution in [1.82, 2.24) is 5.32 Å². The van der Waals surface area contributed by atoms with Crippen LogP contribution in [0.2, 0.25) is 5.02 Å². The van der Waals surface area contributed by atoms with Crippen LogP contribution in [0.4, 0.5) is 0 Å². The second-order valence-corrected chi connectivity index (χ2v) is 5.61. The first-order valence-corrected chi connectivity index (χ1v) is 7.05. The molecule has 0 spiro atoms. The van der Waals surface area contributed by atoms with Crippen molar-refractivity contribution in [2.75, 3.05) is 6.54 Å². The van der Waals surface area contributed by atoms with Gasteiger partial charge >= 0.3 is 0 Å². The summed E-state index contributed by atoms with van der Waals surface area (Å²) in [7, 11) is 0. The summed E-state index contributed by atoms with van der Waals surface area (Å²) < 4.78 is 0. The van der Waals surface area contributed by atoms with Gasteiger partial charge in [-0.1, -0.05) is 24.9 Å². The number of halogens is 1. The zero-order valence-corrected chi connectivity index (χ0v) is 10.7. The topological polar surface area (TPSA) is 12.0 Å². The predicted octanol–water partition coefficient (Wildman–Crippen LogP) is 4.24. The molecule has 1 N–H and O–H groups in total. The Balaban J connectivity index is 2.07. The molecule has 0 radical (unpaired) electrons. The van der Waals surface area contributed by atoms with E-state index in [0.717, 1.165) is 17.5 Å². The summed E-state index contributed by atoms with van der Waals surface area (Å²) in [6.07, 6.45) is 5.29. The molecule has 0 saturated heterocycles. The predicted molar refractivity (Wildman–Crippen MR) is 67.7 cm³/mol. The average Bonchev–Trinajstić information content (AvgIpc) is 2.55. The lowest BCUT2D eigenvalue weighted by molar-refractivity contribution is 0.234. The van der Waals surface area contributed by atoms with Gasteiger partial charge in [0, 0.05) is 10.9 Å². The van der Waals surface area contributed by atoms with Crippen molar-refractivity contribution in [2.24, 2.45) is 5.92 Å². The minimum atomic E-state index is 0.506. The Bertz CT molecular complexity index is 306. The lowest BCUT2D eigenvalue weighted by Gasteiger charge is -2.34. The van der Waals surface area contributed by atoms with Crippen molar-refractivity contribution in [3.63, 3.8) is 0 Å². The fourth-order valence-corrected chi connectivity index (χ4v) is 3.42. The Morgan fingerprint density at radius 1 is 1.60 bits per heavy atom. The van der Waals surface area contributed by atoms with Crippen molar-refractivity contribution >= 4 is 22.9 Å². The van der Waals surface area contributed by atoms with Crippen LogP contribution in [0.3, 0.4) is 0 Å². The molecule has 0 bridgehead atoms. The van der Waals surface area contributed by atoms with Crippen LogP contribution >= 0.6 is 22.9 Å². The van der Waals surface area contributed by atoms with E-state index in [4.69, 9.17) is 11.6 Å². The van der Waals surface area contributed by atoms with Gasteiger partial charge in [-0.15, -0.1) is 11.3 Å². The maximum atomic E-state index is 6.21. The minimum absolute atomic E-state index is 0.506. The summed E-state index contributed by atoms with van der Waals surface area (Å²) >= 11 is 8.00. The molecule has 0 amide bonds. The van der Waals surface area contributed by atoms with Crippen molar-refractivity contribution in [3.8, 4) is 0 Å². The number of rotatable bonds is 5. The normalized spacial score (nSPS) is 18.8. The monoisotopic (exact) mass is 243 g/mol. The quantitative estimate of drug-likeness (QED) is 0.816. The molecule has 1 nitrogen and oxygen atoms in total. The molecule has 1 aromatic rings. The first-order chi connectivity index (χ1) is 7.33. The molecule has 0 aromatic carbocycles. The van der Waals surface area contributed by atoms with Crippen LogP contribution in [0.1, 0.15) is 43.5 Å². The van der Waals surface area contributed by atoms with Crippen LogP contribution < -0.4 is 5.32 Å². The summed E-state index contributed by atoms with van der Waals surface area (Å²) in [5.41, 5.74) is 0. The molecule has 1 aliphatic rings. The Labute approximate surface area is 101 Å². The van der Waals surface area contributed by atoms with Gasteiger partial charge in [-0.05, 0) is 43.2 Å². The molecule has 1 heterocycles. The van der Waals surface area contributed by atoms with Gasteiger partial charge in [0.25, 0.3) is 0 Å². The smallest absolute Gasteiger partial charge is 0.0561 e. The van der Waals surface area contributed by atoms with Gasteiger partial charge in [-0.25, -0.2) is 0 Å². The lowest BCUT2D eigenvalue weighted by atomic mass is 9.79. The van der Waals surface area contributed by atoms with Gasteiger partial charge in [0.1, 0.15) is 0 Å². The molecule has 3 heteroatoms. The molecular weight excluding hydrogens is 226 g/mol. The Morgan fingerprint density at radius 3 is 2.87 bits per heavy atom. The highest BCUT2D eigenvalue weighted by atomic mass is 35.5. The number of hydrogen-bond acceptors (Lipinski definition) is 2. The highest BCUT2D eigenvalue weighted by Crippen LogP contribution is 2.41. The van der Waals surface area contributed by atoms with Crippen LogP contribution in [0.15, 0.2) is 11.4 Å². The third-order valence-corrected chi connectivity index (χ3v) is 4.60. The lowest BCUT2D eigenvalue weighted by Crippen LogP contribution is -2.32. The minimum Gasteiger partial charge on any atom is -0.309 e. The van der Waals surface area contributed by atoms with Gasteiger partial charge in [0.15, 0.2) is 0 Å². The Kier molecular flexibility index (Phi) is 4.06. The highest BCUT2D eigenvalue weighted by Gasteiger charge is 2.29. The third-order valence-electron chi connectivity index (χ3n) is 3.16. The molecule has 15 heavy (non-hydrogen) atoms. The second kappa shape index (κ2) is 5.33. The third kappa shape index (κ3) is 2.55. The summed E-state index contributed by atoms with van der Waals surface area (Å²) in [4.78, 5) is 1.34. The van der Waals surface area contributed by atoms with Crippen molar-refractivity contribution in [1.29, 1.82) is 0 Å². The zero-order valence-electron chi connectivity index (χ0n) is 9.13. The zero-order chi connectivity index (χ0) is 10.7. The van der Waals surface area contributed by atoms with E-state index in [9.17, 15) is 0 Å². The summed E-state index contributed by atoms with van der Waals surface area (Å²) in [5, 5.41) is 6.68. The number of hydrogen-bond donors (Lipinski definition) is 1. The number of nitrogens with one attached hydrogen (secondary N) is 1. The van der Waals surface area contributed by atoms with Crippen LogP contribution in [-0.2, 0) is 0 Å². The van der Waals surface area contributed by atoms with Crippen LogP contribution in [0.5, 0.6) is 0 Å². The fourth-order valence-electron chi connectivity index (χ4n) is 2.07. The summed E-state index contributed by atoms with van der Waals surface area (Å²) in [5.74, 6) is 0.813. The molecular formula is C12H18ClNS. The molecule has 1 aromatic heterocycles. The van der Waals surface area contributed by atoms with Crippen molar-refractivity contribution < 1.29 is 0 Å². The average molecular weight is 244 g/mol. The molecule has 1 fully saturated rings. The van der Waals surface area contributed by atoms with Crippen molar-refractivity contribution in [3.05, 3.63) is 21.3 Å². The van der Waals surface area contributed by atoms with Crippen LogP contribution in [0, 0.1) is 5.92 Å². The van der Waals surface area contributed by atoms with E-state index in [-0.39, 0.29) is 0 Å². The van der Waals surface area contributed by atoms with E-state index in [2.05, 4.69) is 17.6 Å². The van der Waals surface area contributed by atoms with Gasteiger partial charge in [0.05, 0.1) is 5.02 Å². The molecule has 1 saturated carbocycles. The maximum Gasteiger partial charge on any atom is 0.0561 e. The van der Waals surface area contributed by atoms with E-state index < -0.39 is 0 Å². The van der Waals surface area contributed by atoms with Gasteiger partial charge in [0.2, 0.25) is 0 Å². The maximum absolute atomic E-state index is 6.21. The Hall–Kier alpha value is -0.0500. The highest BCUT2D eigenvalue weighted by molar-refractivity contribution is 7.10. The molecule has 1 atom stereocenters. The van der Waals surface area contributed by atoms with Crippen LogP contribution in [0.25, 0.3) is 0 Å². The van der Waals surface area contributed by atoms with E-state index in [0.29, 0.717) is 6.04 Å². The first kappa shape index (κ1) is 11.4. The molecule has 0 aliphatic heterocycles. The summed E-state index contributed by atoms with van der Waals surface area (Å²) in [6, 6.07) is 2.52. The van der Waals surface area contributed by atoms with Crippen molar-refractivity contribution in [2.45, 2.75) is 38.6 Å². The first-order valence-electron chi connectivity index (χ1n) is 5.79. The van der Waals surface area contributed by atoms with Gasteiger partial charge in [-0.3, -0.25) is 0 Å². The largest absolute Gasteiger partial charge is 0.309 e. The van der Waals surface area contributed by atoms with E-state index >= 15 is 0 Å². The second-order valence-electron chi connectivity index (χ2n) is 4.26. The Morgan fingerprint density at radius 2 is 2.40 bits per heavy atom. The SMILES string of the molecule is CCCNC(c1sccc1Cl)C1CCC1. The van der Waals surface area contributed by atoms with Gasteiger partial charge < -0.3 is 5.32 Å². The fraction of sp³-hybridized carbons (Fsp3) is 0.667.